The lowest BCUT2D eigenvalue weighted by molar-refractivity contribution is -0.132. The number of carboxylic acid groups (broad SMARTS) is 1. The highest BCUT2D eigenvalue weighted by Crippen LogP contribution is 2.57. The summed E-state index contributed by atoms with van der Waals surface area (Å²) in [6.07, 6.45) is 10.5. The Hall–Kier alpha value is -5.22. The number of benzene rings is 3. The first kappa shape index (κ1) is 34.5. The largest absolute Gasteiger partial charge is 0.477 e. The van der Waals surface area contributed by atoms with Gasteiger partial charge in [0, 0.05) is 48.4 Å². The lowest BCUT2D eigenvalue weighted by Crippen LogP contribution is -2.26. The van der Waals surface area contributed by atoms with Gasteiger partial charge in [-0.15, -0.1) is 22.7 Å². The van der Waals surface area contributed by atoms with Crippen LogP contribution >= 0.6 is 22.7 Å². The van der Waals surface area contributed by atoms with E-state index in [-0.39, 0.29) is 5.57 Å². The van der Waals surface area contributed by atoms with Crippen molar-refractivity contribution in [3.05, 3.63) is 87.8 Å². The topological polar surface area (TPSA) is 131 Å². The molecule has 2 atom stereocenters. The van der Waals surface area contributed by atoms with Crippen LogP contribution in [0.2, 0.25) is 0 Å². The number of unbranched alkanes of at least 4 members (excludes halogenated alkanes) is 3. The zero-order chi connectivity index (χ0) is 36.9. The average Bonchev–Trinajstić information content (AvgIpc) is 4.03. The number of thiophene rings is 2. The Bertz CT molecular complexity index is 2600. The van der Waals surface area contributed by atoms with E-state index < -0.39 is 5.97 Å². The fourth-order valence-corrected chi connectivity index (χ4v) is 11.3. The molecule has 12 heteroatoms. The average molecular weight is 768 g/mol. The highest BCUT2D eigenvalue weighted by Gasteiger charge is 2.42. The van der Waals surface area contributed by atoms with Crippen LogP contribution in [0.3, 0.4) is 0 Å². The normalized spacial score (nSPS) is 17.1. The molecule has 3 aromatic carbocycles. The minimum absolute atomic E-state index is 0.281. The molecule has 3 aromatic heterocycles. The summed E-state index contributed by atoms with van der Waals surface area (Å²) in [6, 6.07) is 24.2. The van der Waals surface area contributed by atoms with Crippen molar-refractivity contribution in [3.63, 3.8) is 0 Å². The molecule has 1 aliphatic carbocycles. The molecule has 6 aromatic rings. The Balaban J connectivity index is 1.15. The molecule has 2 aliphatic heterocycles. The molecule has 0 amide bonds. The van der Waals surface area contributed by atoms with Crippen molar-refractivity contribution in [2.24, 2.45) is 8.73 Å². The summed E-state index contributed by atoms with van der Waals surface area (Å²) in [5, 5.41) is 31.3. The quantitative estimate of drug-likeness (QED) is 0.0765. The van der Waals surface area contributed by atoms with Crippen molar-refractivity contribution in [2.45, 2.75) is 77.2 Å². The molecule has 54 heavy (non-hydrogen) atoms. The highest BCUT2D eigenvalue weighted by molar-refractivity contribution is 7.58. The molecule has 1 saturated carbocycles. The Labute approximate surface area is 324 Å². The summed E-state index contributed by atoms with van der Waals surface area (Å²) in [5.74, 6) is -0.753. The minimum Gasteiger partial charge on any atom is -0.477 e. The van der Waals surface area contributed by atoms with Gasteiger partial charge in [0.2, 0.25) is 0 Å². The van der Waals surface area contributed by atoms with E-state index in [9.17, 15) is 15.2 Å². The fraction of sp³-hybridized carbons (Fsp3) is 0.286. The second-order valence-electron chi connectivity index (χ2n) is 14.3. The standard InChI is InChI=1S/C42H37N7O2S3/c1-3-4-5-6-8-25-21-34(53-41(25)33-18-16-28(52-33)19-26(22-43)42(50)51)36-38-37(44-48-45-38)35(39-40(36)47-54-46-39)24-13-17-32-30(20-24)29-9-7-10-31(29)49(32)27-14-11-23(2)12-15-27/h11-21,29,31H,3-10H2,1-2H3,(H,50,51)(H,44,45,48)/b26-19+. The number of hydrogen-bond donors (Lipinski definition) is 2. The molecule has 0 saturated heterocycles. The Morgan fingerprint density at radius 1 is 0.963 bits per heavy atom. The van der Waals surface area contributed by atoms with Crippen LogP contribution in [0, 0.1) is 18.3 Å². The van der Waals surface area contributed by atoms with E-state index >= 15 is 0 Å². The number of aromatic nitrogens is 3. The van der Waals surface area contributed by atoms with Crippen molar-refractivity contribution in [1.29, 1.82) is 5.26 Å². The van der Waals surface area contributed by atoms with Gasteiger partial charge in [-0.3, -0.25) is 0 Å². The Morgan fingerprint density at radius 2 is 1.76 bits per heavy atom. The third kappa shape index (κ3) is 5.91. The maximum absolute atomic E-state index is 11.5. The van der Waals surface area contributed by atoms with Crippen LogP contribution < -0.4 is 4.90 Å². The molecule has 2 unspecified atom stereocenters. The first-order valence-electron chi connectivity index (χ1n) is 18.5. The number of H-pyrrole nitrogens is 1. The smallest absolute Gasteiger partial charge is 0.346 e. The number of rotatable bonds is 11. The van der Waals surface area contributed by atoms with Gasteiger partial charge in [-0.2, -0.15) is 29.4 Å². The van der Waals surface area contributed by atoms with Crippen molar-refractivity contribution in [2.75, 3.05) is 4.90 Å². The molecular formula is C42H37N7O2S3. The van der Waals surface area contributed by atoms with E-state index in [1.807, 2.05) is 12.1 Å². The Kier molecular flexibility index (Phi) is 9.09. The summed E-state index contributed by atoms with van der Waals surface area (Å²) in [5.41, 5.74) is 12.3. The van der Waals surface area contributed by atoms with Crippen LogP contribution in [0.4, 0.5) is 22.7 Å². The van der Waals surface area contributed by atoms with Gasteiger partial charge in [0.25, 0.3) is 0 Å². The lowest BCUT2D eigenvalue weighted by Gasteiger charge is -2.27. The fourth-order valence-electron chi connectivity index (χ4n) is 8.41. The van der Waals surface area contributed by atoms with E-state index in [0.717, 1.165) is 84.3 Å². The molecule has 0 spiro atoms. The summed E-state index contributed by atoms with van der Waals surface area (Å²) in [4.78, 5) is 18.0. The van der Waals surface area contributed by atoms with Crippen LogP contribution in [0.1, 0.15) is 79.4 Å². The van der Waals surface area contributed by atoms with Crippen molar-refractivity contribution >= 4 is 79.9 Å². The third-order valence-corrected chi connectivity index (χ3v) is 13.9. The van der Waals surface area contributed by atoms with E-state index in [1.54, 1.807) is 17.4 Å². The second-order valence-corrected chi connectivity index (χ2v) is 17.0. The van der Waals surface area contributed by atoms with Crippen LogP contribution in [0.15, 0.2) is 75.0 Å². The summed E-state index contributed by atoms with van der Waals surface area (Å²) in [7, 11) is 0. The van der Waals surface area contributed by atoms with E-state index in [1.165, 1.54) is 82.5 Å². The second kappa shape index (κ2) is 14.2. The number of carbonyl (C=O) groups is 1. The summed E-state index contributed by atoms with van der Waals surface area (Å²) in [6.45, 7) is 4.35. The van der Waals surface area contributed by atoms with Crippen molar-refractivity contribution in [3.8, 4) is 37.4 Å². The predicted octanol–water partition coefficient (Wildman–Crippen LogP) is 12.0. The van der Waals surface area contributed by atoms with Crippen LogP contribution in [-0.2, 0) is 22.6 Å². The lowest BCUT2D eigenvalue weighted by atomic mass is 9.91. The maximum Gasteiger partial charge on any atom is 0.346 e. The molecular weight excluding hydrogens is 731 g/mol. The van der Waals surface area contributed by atoms with Gasteiger partial charge >= 0.3 is 5.97 Å². The maximum atomic E-state index is 11.5. The Morgan fingerprint density at radius 3 is 2.54 bits per heavy atom. The van der Waals surface area contributed by atoms with Crippen LogP contribution in [0.5, 0.6) is 0 Å². The van der Waals surface area contributed by atoms with Crippen LogP contribution in [-0.4, -0.2) is 32.5 Å². The number of fused-ring (bicyclic) bond motifs is 5. The first-order chi connectivity index (χ1) is 26.4. The number of carboxylic acids is 1. The minimum atomic E-state index is -1.23. The monoisotopic (exact) mass is 767 g/mol. The first-order valence-corrected chi connectivity index (χ1v) is 20.9. The molecule has 5 heterocycles. The van der Waals surface area contributed by atoms with Gasteiger partial charge in [0.1, 0.15) is 34.1 Å². The molecule has 9 nitrogen and oxygen atoms in total. The van der Waals surface area contributed by atoms with Crippen molar-refractivity contribution < 1.29 is 9.90 Å². The molecule has 3 aliphatic rings. The van der Waals surface area contributed by atoms with Crippen molar-refractivity contribution in [1.82, 2.24) is 15.4 Å². The number of aryl methyl sites for hydroxylation is 2. The molecule has 270 valence electrons. The number of hydrogen-bond acceptors (Lipinski definition) is 9. The number of anilines is 2. The molecule has 9 rings (SSSR count). The number of aliphatic carboxylic acids is 1. The third-order valence-electron chi connectivity index (χ3n) is 10.9. The summed E-state index contributed by atoms with van der Waals surface area (Å²) < 4.78 is 9.83. The van der Waals surface area contributed by atoms with E-state index in [0.29, 0.717) is 12.0 Å². The molecule has 0 bridgehead atoms. The number of aromatic amines is 1. The van der Waals surface area contributed by atoms with Gasteiger partial charge in [-0.25, -0.2) is 4.79 Å². The molecule has 1 fully saturated rings. The number of nitrogens with one attached hydrogen (secondary N) is 1. The predicted molar refractivity (Wildman–Crippen MR) is 220 cm³/mol. The van der Waals surface area contributed by atoms with Gasteiger partial charge in [-0.05, 0) is 97.8 Å². The molecule has 2 N–H and O–H groups in total. The van der Waals surface area contributed by atoms with E-state index in [2.05, 4.69) is 72.5 Å². The zero-order valence-corrected chi connectivity index (χ0v) is 32.4. The number of nitrogens with zero attached hydrogens (tertiary/aromatic N) is 6. The SMILES string of the molecule is CCCCCCc1cc(-c2c3c(c(-c4ccc5c(c4)C4CCCC4N5c4ccc(C)cc4)c4n[nH]nc24)N=S=N3)sc1-c1ccc(/C=C(\C#N)C(=O)O)s1. The highest BCUT2D eigenvalue weighted by atomic mass is 32.1. The van der Waals surface area contributed by atoms with Crippen LogP contribution in [0.25, 0.3) is 48.4 Å². The summed E-state index contributed by atoms with van der Waals surface area (Å²) >= 11 is 4.41. The number of nitriles is 1. The van der Waals surface area contributed by atoms with Gasteiger partial charge in [0.15, 0.2) is 0 Å². The van der Waals surface area contributed by atoms with E-state index in [4.69, 9.17) is 18.9 Å². The van der Waals surface area contributed by atoms with Gasteiger partial charge in [-0.1, -0.05) is 56.4 Å². The van der Waals surface area contributed by atoms with Gasteiger partial charge in [0.05, 0.1) is 16.9 Å². The zero-order valence-electron chi connectivity index (χ0n) is 29.9. The van der Waals surface area contributed by atoms with Gasteiger partial charge < -0.3 is 10.0 Å². The molecule has 0 radical (unpaired) electrons.